The zero-order valence-electron chi connectivity index (χ0n) is 10.5. The highest BCUT2D eigenvalue weighted by atomic mass is 35.5. The number of anilines is 1. The van der Waals surface area contributed by atoms with E-state index in [-0.39, 0.29) is 11.2 Å². The molecule has 102 valence electrons. The summed E-state index contributed by atoms with van der Waals surface area (Å²) in [7, 11) is 0. The summed E-state index contributed by atoms with van der Waals surface area (Å²) >= 11 is 7.84. The Balaban J connectivity index is 1.98. The number of rotatable bonds is 1. The SMILES string of the molecule is Fc1ccccc1C12NCC(Nc3ccc(Cl)cc31)S2. The maximum Gasteiger partial charge on any atom is 0.129 e. The van der Waals surface area contributed by atoms with Crippen molar-refractivity contribution >= 4 is 29.1 Å². The van der Waals surface area contributed by atoms with Crippen LogP contribution in [0.5, 0.6) is 0 Å². The van der Waals surface area contributed by atoms with Crippen molar-refractivity contribution in [2.75, 3.05) is 11.9 Å². The Morgan fingerprint density at radius 3 is 2.90 bits per heavy atom. The van der Waals surface area contributed by atoms with E-state index in [1.807, 2.05) is 30.3 Å². The van der Waals surface area contributed by atoms with Crippen molar-refractivity contribution in [2.24, 2.45) is 0 Å². The molecule has 0 saturated carbocycles. The topological polar surface area (TPSA) is 24.1 Å². The summed E-state index contributed by atoms with van der Waals surface area (Å²) in [5, 5.41) is 7.82. The number of hydrogen-bond donors (Lipinski definition) is 2. The molecule has 2 bridgehead atoms. The molecule has 2 aromatic carbocycles. The second kappa shape index (κ2) is 4.38. The van der Waals surface area contributed by atoms with Gasteiger partial charge >= 0.3 is 0 Å². The van der Waals surface area contributed by atoms with Crippen LogP contribution < -0.4 is 10.6 Å². The monoisotopic (exact) mass is 306 g/mol. The maximum absolute atomic E-state index is 14.3. The lowest BCUT2D eigenvalue weighted by molar-refractivity contribution is 0.546. The summed E-state index contributed by atoms with van der Waals surface area (Å²) in [6, 6.07) is 12.7. The molecule has 0 radical (unpaired) electrons. The van der Waals surface area contributed by atoms with E-state index in [1.54, 1.807) is 17.8 Å². The second-order valence-electron chi connectivity index (χ2n) is 4.98. The van der Waals surface area contributed by atoms with E-state index in [0.29, 0.717) is 10.6 Å². The van der Waals surface area contributed by atoms with Crippen molar-refractivity contribution in [3.63, 3.8) is 0 Å². The first kappa shape index (κ1) is 12.5. The minimum Gasteiger partial charge on any atom is -0.372 e. The zero-order valence-corrected chi connectivity index (χ0v) is 12.1. The first-order chi connectivity index (χ1) is 9.69. The molecule has 4 rings (SSSR count). The Morgan fingerprint density at radius 2 is 2.05 bits per heavy atom. The van der Waals surface area contributed by atoms with Crippen molar-refractivity contribution in [2.45, 2.75) is 10.2 Å². The molecule has 5 heteroatoms. The van der Waals surface area contributed by atoms with Gasteiger partial charge in [0.15, 0.2) is 0 Å². The van der Waals surface area contributed by atoms with Gasteiger partial charge in [-0.05, 0) is 24.3 Å². The molecule has 2 unspecified atom stereocenters. The van der Waals surface area contributed by atoms with Gasteiger partial charge in [0.25, 0.3) is 0 Å². The highest BCUT2D eigenvalue weighted by Crippen LogP contribution is 2.53. The van der Waals surface area contributed by atoms with Gasteiger partial charge in [0, 0.05) is 28.4 Å². The normalized spacial score (nSPS) is 27.0. The summed E-state index contributed by atoms with van der Waals surface area (Å²) in [5.41, 5.74) is 2.68. The molecule has 0 aliphatic carbocycles. The van der Waals surface area contributed by atoms with Gasteiger partial charge in [0.1, 0.15) is 10.7 Å². The summed E-state index contributed by atoms with van der Waals surface area (Å²) in [5.74, 6) is -0.194. The van der Waals surface area contributed by atoms with Crippen molar-refractivity contribution in [3.05, 3.63) is 64.4 Å². The largest absolute Gasteiger partial charge is 0.372 e. The van der Waals surface area contributed by atoms with Crippen LogP contribution in [0.3, 0.4) is 0 Å². The first-order valence-electron chi connectivity index (χ1n) is 6.43. The molecule has 2 aromatic rings. The Bertz CT molecular complexity index is 693. The molecule has 1 fully saturated rings. The van der Waals surface area contributed by atoms with Crippen molar-refractivity contribution in [3.8, 4) is 0 Å². The third kappa shape index (κ3) is 1.68. The van der Waals surface area contributed by atoms with E-state index < -0.39 is 4.87 Å². The lowest BCUT2D eigenvalue weighted by Crippen LogP contribution is -2.37. The van der Waals surface area contributed by atoms with Gasteiger partial charge in [0.05, 0.1) is 5.37 Å². The van der Waals surface area contributed by atoms with Gasteiger partial charge in [-0.2, -0.15) is 0 Å². The average Bonchev–Trinajstić information content (AvgIpc) is 2.80. The van der Waals surface area contributed by atoms with E-state index in [4.69, 9.17) is 11.6 Å². The molecular weight excluding hydrogens is 295 g/mol. The van der Waals surface area contributed by atoms with Crippen molar-refractivity contribution in [1.29, 1.82) is 0 Å². The van der Waals surface area contributed by atoms with Gasteiger partial charge in [-0.25, -0.2) is 4.39 Å². The molecular formula is C15H12ClFN2S. The first-order valence-corrected chi connectivity index (χ1v) is 7.69. The number of halogens is 2. The minimum atomic E-state index is -0.554. The van der Waals surface area contributed by atoms with Gasteiger partial charge in [-0.1, -0.05) is 29.8 Å². The molecule has 2 aliphatic rings. The average molecular weight is 307 g/mol. The van der Waals surface area contributed by atoms with Gasteiger partial charge < -0.3 is 5.32 Å². The molecule has 0 spiro atoms. The van der Waals surface area contributed by atoms with Crippen LogP contribution in [0.25, 0.3) is 0 Å². The fraction of sp³-hybridized carbons (Fsp3) is 0.200. The smallest absolute Gasteiger partial charge is 0.129 e. The van der Waals surface area contributed by atoms with Crippen LogP contribution >= 0.6 is 23.4 Å². The number of thioether (sulfide) groups is 1. The molecule has 0 amide bonds. The van der Waals surface area contributed by atoms with E-state index in [0.717, 1.165) is 17.8 Å². The molecule has 2 N–H and O–H groups in total. The lowest BCUT2D eigenvalue weighted by atomic mass is 9.96. The van der Waals surface area contributed by atoms with Crippen molar-refractivity contribution < 1.29 is 4.39 Å². The molecule has 2 atom stereocenters. The Labute approximate surface area is 125 Å². The van der Waals surface area contributed by atoms with Crippen LogP contribution in [0.4, 0.5) is 10.1 Å². The molecule has 2 aliphatic heterocycles. The fourth-order valence-electron chi connectivity index (χ4n) is 2.93. The third-order valence-corrected chi connectivity index (χ3v) is 5.53. The van der Waals surface area contributed by atoms with E-state index in [2.05, 4.69) is 10.6 Å². The highest BCUT2D eigenvalue weighted by Gasteiger charge is 2.48. The Hall–Kier alpha value is -1.23. The van der Waals surface area contributed by atoms with Gasteiger partial charge in [-0.3, -0.25) is 5.32 Å². The number of nitrogens with one attached hydrogen (secondary N) is 2. The molecule has 2 heterocycles. The predicted molar refractivity (Wildman–Crippen MR) is 81.6 cm³/mol. The van der Waals surface area contributed by atoms with Crippen LogP contribution in [0.15, 0.2) is 42.5 Å². The van der Waals surface area contributed by atoms with E-state index in [1.165, 1.54) is 6.07 Å². The van der Waals surface area contributed by atoms with Crippen LogP contribution in [-0.4, -0.2) is 11.9 Å². The Morgan fingerprint density at radius 1 is 1.20 bits per heavy atom. The third-order valence-electron chi connectivity index (χ3n) is 3.79. The summed E-state index contributed by atoms with van der Waals surface area (Å²) in [4.78, 5) is -0.554. The van der Waals surface area contributed by atoms with E-state index in [9.17, 15) is 4.39 Å². The minimum absolute atomic E-state index is 0.194. The Kier molecular flexibility index (Phi) is 2.74. The van der Waals surface area contributed by atoms with Crippen LogP contribution in [-0.2, 0) is 4.87 Å². The van der Waals surface area contributed by atoms with Crippen molar-refractivity contribution in [1.82, 2.24) is 5.32 Å². The van der Waals surface area contributed by atoms with Crippen LogP contribution in [0.2, 0.25) is 5.02 Å². The summed E-state index contributed by atoms with van der Waals surface area (Å²) in [6.45, 7) is 0.783. The number of hydrogen-bond acceptors (Lipinski definition) is 3. The molecule has 20 heavy (non-hydrogen) atoms. The number of fused-ring (bicyclic) bond motifs is 4. The summed E-state index contributed by atoms with van der Waals surface area (Å²) < 4.78 is 14.3. The lowest BCUT2D eigenvalue weighted by Gasteiger charge is -2.36. The standard InChI is InChI=1S/C15H12ClFN2S/c16-9-5-6-13-11(7-9)15(18-8-14(19-13)20-15)10-3-1-2-4-12(10)17/h1-7,14,18-19H,8H2. The second-order valence-corrected chi connectivity index (χ2v) is 6.84. The quantitative estimate of drug-likeness (QED) is 0.838. The van der Waals surface area contributed by atoms with E-state index >= 15 is 0 Å². The molecule has 2 nitrogen and oxygen atoms in total. The summed E-state index contributed by atoms with van der Waals surface area (Å²) in [6.07, 6.45) is 0. The number of benzene rings is 2. The maximum atomic E-state index is 14.3. The van der Waals surface area contributed by atoms with Crippen LogP contribution in [0.1, 0.15) is 11.1 Å². The van der Waals surface area contributed by atoms with Crippen LogP contribution in [0, 0.1) is 5.82 Å². The highest BCUT2D eigenvalue weighted by molar-refractivity contribution is 8.01. The molecule has 1 saturated heterocycles. The zero-order chi connectivity index (χ0) is 13.7. The van der Waals surface area contributed by atoms with Gasteiger partial charge in [-0.15, -0.1) is 11.8 Å². The molecule has 0 aromatic heterocycles. The fourth-order valence-corrected chi connectivity index (χ4v) is 4.64. The predicted octanol–water partition coefficient (Wildman–Crippen LogP) is 3.77. The van der Waals surface area contributed by atoms with Gasteiger partial charge in [0.2, 0.25) is 0 Å².